The van der Waals surface area contributed by atoms with E-state index < -0.39 is 51.7 Å². The van der Waals surface area contributed by atoms with Gasteiger partial charge in [0.15, 0.2) is 0 Å². The number of carbonyl (C=O) groups excluding carboxylic acids is 2. The standard InChI is InChI=1S/C31H36F3N3O4S/c1-22-12-9-10-15-24(22)20-36(27(29(39)35-30(2,3)4)18-23-13-7-6-8-14-23)28(38)21-37(42(5,40)41)26-17-11-16-25(19-26)31(32,33)34/h6-17,19,27H,18,20-21H2,1-5H3,(H,35,39). The molecule has 7 nitrogen and oxygen atoms in total. The topological polar surface area (TPSA) is 86.8 Å². The van der Waals surface area contributed by atoms with Gasteiger partial charge in [-0.25, -0.2) is 8.42 Å². The second-order valence-electron chi connectivity index (χ2n) is 11.2. The monoisotopic (exact) mass is 603 g/mol. The first-order chi connectivity index (χ1) is 19.5. The Balaban J connectivity index is 2.11. The minimum Gasteiger partial charge on any atom is -0.350 e. The number of anilines is 1. The lowest BCUT2D eigenvalue weighted by Gasteiger charge is -2.35. The molecule has 0 aliphatic heterocycles. The number of benzene rings is 3. The van der Waals surface area contributed by atoms with Gasteiger partial charge in [0, 0.05) is 18.5 Å². The first kappa shape index (κ1) is 32.7. The highest BCUT2D eigenvalue weighted by Gasteiger charge is 2.36. The Morgan fingerprint density at radius 2 is 1.52 bits per heavy atom. The van der Waals surface area contributed by atoms with Crippen LogP contribution in [-0.4, -0.2) is 49.5 Å². The number of nitrogens with zero attached hydrogens (tertiary/aromatic N) is 2. The summed E-state index contributed by atoms with van der Waals surface area (Å²) in [7, 11) is -4.21. The molecule has 0 fully saturated rings. The molecule has 3 aromatic rings. The number of rotatable bonds is 10. The van der Waals surface area contributed by atoms with Gasteiger partial charge in [0.05, 0.1) is 17.5 Å². The lowest BCUT2D eigenvalue weighted by molar-refractivity contribution is -0.140. The summed E-state index contributed by atoms with van der Waals surface area (Å²) in [5, 5.41) is 2.92. The van der Waals surface area contributed by atoms with Crippen LogP contribution in [-0.2, 0) is 38.8 Å². The number of carbonyl (C=O) groups is 2. The van der Waals surface area contributed by atoms with Gasteiger partial charge in [-0.3, -0.25) is 13.9 Å². The molecule has 1 atom stereocenters. The molecule has 0 saturated carbocycles. The zero-order valence-corrected chi connectivity index (χ0v) is 25.1. The highest BCUT2D eigenvalue weighted by atomic mass is 32.2. The lowest BCUT2D eigenvalue weighted by Crippen LogP contribution is -2.56. The lowest BCUT2D eigenvalue weighted by atomic mass is 10.00. The molecule has 1 unspecified atom stereocenters. The minimum atomic E-state index is -4.72. The van der Waals surface area contributed by atoms with Crippen LogP contribution in [0.1, 0.15) is 43.0 Å². The summed E-state index contributed by atoms with van der Waals surface area (Å²) < 4.78 is 66.7. The summed E-state index contributed by atoms with van der Waals surface area (Å²) in [5.74, 6) is -1.19. The van der Waals surface area contributed by atoms with E-state index in [9.17, 15) is 31.2 Å². The molecule has 0 saturated heterocycles. The maximum atomic E-state index is 14.1. The number of hydrogen-bond donors (Lipinski definition) is 1. The largest absolute Gasteiger partial charge is 0.416 e. The molecule has 0 aliphatic carbocycles. The molecule has 1 N–H and O–H groups in total. The number of alkyl halides is 3. The van der Waals surface area contributed by atoms with Crippen LogP contribution in [0.3, 0.4) is 0 Å². The van der Waals surface area contributed by atoms with Crippen molar-refractivity contribution in [2.75, 3.05) is 17.1 Å². The highest BCUT2D eigenvalue weighted by Crippen LogP contribution is 2.32. The van der Waals surface area contributed by atoms with E-state index in [0.29, 0.717) is 10.4 Å². The summed E-state index contributed by atoms with van der Waals surface area (Å²) in [6.07, 6.45) is -3.77. The molecule has 0 spiro atoms. The van der Waals surface area contributed by atoms with E-state index in [2.05, 4.69) is 5.32 Å². The van der Waals surface area contributed by atoms with Gasteiger partial charge in [0.1, 0.15) is 12.6 Å². The smallest absolute Gasteiger partial charge is 0.350 e. The number of sulfonamides is 1. The van der Waals surface area contributed by atoms with Crippen LogP contribution in [0.25, 0.3) is 0 Å². The highest BCUT2D eigenvalue weighted by molar-refractivity contribution is 7.92. The fourth-order valence-corrected chi connectivity index (χ4v) is 5.27. The van der Waals surface area contributed by atoms with Crippen molar-refractivity contribution >= 4 is 27.5 Å². The molecule has 0 bridgehead atoms. The van der Waals surface area contributed by atoms with E-state index in [1.165, 1.54) is 11.0 Å². The third kappa shape index (κ3) is 9.07. The molecule has 0 aliphatic rings. The number of halogens is 3. The Labute approximate surface area is 245 Å². The number of hydrogen-bond acceptors (Lipinski definition) is 4. The van der Waals surface area contributed by atoms with E-state index in [0.717, 1.165) is 35.1 Å². The van der Waals surface area contributed by atoms with Gasteiger partial charge in [0.25, 0.3) is 0 Å². The van der Waals surface area contributed by atoms with E-state index in [1.807, 2.05) is 37.3 Å². The molecule has 42 heavy (non-hydrogen) atoms. The summed E-state index contributed by atoms with van der Waals surface area (Å²) in [5.41, 5.74) is 0.354. The Kier molecular flexibility index (Phi) is 10.1. The van der Waals surface area contributed by atoms with Crippen molar-refractivity contribution in [2.24, 2.45) is 0 Å². The van der Waals surface area contributed by atoms with Crippen molar-refractivity contribution in [1.29, 1.82) is 0 Å². The third-order valence-electron chi connectivity index (χ3n) is 6.51. The van der Waals surface area contributed by atoms with Gasteiger partial charge in [-0.15, -0.1) is 0 Å². The van der Waals surface area contributed by atoms with Gasteiger partial charge in [-0.2, -0.15) is 13.2 Å². The number of nitrogens with one attached hydrogen (secondary N) is 1. The first-order valence-electron chi connectivity index (χ1n) is 13.3. The second-order valence-corrected chi connectivity index (χ2v) is 13.1. The van der Waals surface area contributed by atoms with Gasteiger partial charge >= 0.3 is 6.18 Å². The predicted molar refractivity (Wildman–Crippen MR) is 157 cm³/mol. The third-order valence-corrected chi connectivity index (χ3v) is 7.65. The van der Waals surface area contributed by atoms with Crippen molar-refractivity contribution in [2.45, 2.75) is 58.4 Å². The molecule has 11 heteroatoms. The van der Waals surface area contributed by atoms with E-state index in [4.69, 9.17) is 0 Å². The Bertz CT molecular complexity index is 1500. The van der Waals surface area contributed by atoms with Crippen LogP contribution in [0.2, 0.25) is 0 Å². The average Bonchev–Trinajstić information content (AvgIpc) is 2.88. The van der Waals surface area contributed by atoms with Crippen LogP contribution in [0, 0.1) is 6.92 Å². The van der Waals surface area contributed by atoms with Crippen molar-refractivity contribution in [3.8, 4) is 0 Å². The maximum Gasteiger partial charge on any atom is 0.416 e. The minimum absolute atomic E-state index is 0.0270. The summed E-state index contributed by atoms with van der Waals surface area (Å²) in [6.45, 7) is 6.43. The summed E-state index contributed by atoms with van der Waals surface area (Å²) >= 11 is 0. The van der Waals surface area contributed by atoms with Gasteiger partial charge < -0.3 is 10.2 Å². The Morgan fingerprint density at radius 3 is 2.10 bits per heavy atom. The molecule has 2 amide bonds. The number of amides is 2. The molecule has 0 heterocycles. The van der Waals surface area contributed by atoms with E-state index >= 15 is 0 Å². The number of aryl methyl sites for hydroxylation is 1. The summed E-state index contributed by atoms with van der Waals surface area (Å²) in [6, 6.07) is 19.1. The first-order valence-corrected chi connectivity index (χ1v) is 15.2. The van der Waals surface area contributed by atoms with Crippen LogP contribution in [0.15, 0.2) is 78.9 Å². The van der Waals surface area contributed by atoms with Gasteiger partial charge in [-0.05, 0) is 62.6 Å². The van der Waals surface area contributed by atoms with Crippen molar-refractivity contribution in [3.63, 3.8) is 0 Å². The normalized spacial score (nSPS) is 12.9. The molecule has 226 valence electrons. The molecule has 3 rings (SSSR count). The second kappa shape index (κ2) is 13.0. The van der Waals surface area contributed by atoms with Crippen LogP contribution in [0.4, 0.5) is 18.9 Å². The van der Waals surface area contributed by atoms with Gasteiger partial charge in [-0.1, -0.05) is 60.7 Å². The zero-order chi connectivity index (χ0) is 31.3. The van der Waals surface area contributed by atoms with Crippen molar-refractivity contribution < 1.29 is 31.2 Å². The SMILES string of the molecule is Cc1ccccc1CN(C(=O)CN(c1cccc(C(F)(F)F)c1)S(C)(=O)=O)C(Cc1ccccc1)C(=O)NC(C)(C)C. The Morgan fingerprint density at radius 1 is 0.905 bits per heavy atom. The molecular weight excluding hydrogens is 567 g/mol. The average molecular weight is 604 g/mol. The van der Waals surface area contributed by atoms with Crippen molar-refractivity contribution in [3.05, 3.63) is 101 Å². The van der Waals surface area contributed by atoms with Crippen LogP contribution in [0.5, 0.6) is 0 Å². The zero-order valence-electron chi connectivity index (χ0n) is 24.3. The van der Waals surface area contributed by atoms with Crippen LogP contribution < -0.4 is 9.62 Å². The van der Waals surface area contributed by atoms with Crippen molar-refractivity contribution in [1.82, 2.24) is 10.2 Å². The van der Waals surface area contributed by atoms with E-state index in [1.54, 1.807) is 45.0 Å². The molecule has 0 aromatic heterocycles. The quantitative estimate of drug-likeness (QED) is 0.339. The molecule has 0 radical (unpaired) electrons. The maximum absolute atomic E-state index is 14.1. The molecular formula is C31H36F3N3O4S. The Hall–Kier alpha value is -3.86. The fraction of sp³-hybridized carbons (Fsp3) is 0.355. The molecule has 3 aromatic carbocycles. The van der Waals surface area contributed by atoms with Crippen LogP contribution >= 0.6 is 0 Å². The van der Waals surface area contributed by atoms with Gasteiger partial charge in [0.2, 0.25) is 21.8 Å². The fourth-order valence-electron chi connectivity index (χ4n) is 4.43. The van der Waals surface area contributed by atoms with E-state index in [-0.39, 0.29) is 18.7 Å². The summed E-state index contributed by atoms with van der Waals surface area (Å²) in [4.78, 5) is 29.1. The predicted octanol–water partition coefficient (Wildman–Crippen LogP) is 5.33.